The molecule has 0 radical (unpaired) electrons. The Bertz CT molecular complexity index is 343. The summed E-state index contributed by atoms with van der Waals surface area (Å²) in [4.78, 5) is 24.1. The lowest BCUT2D eigenvalue weighted by Crippen LogP contribution is -2.47. The summed E-state index contributed by atoms with van der Waals surface area (Å²) in [5.74, 6) is -0.250. The minimum atomic E-state index is -0.697. The summed E-state index contributed by atoms with van der Waals surface area (Å²) in [5.41, 5.74) is -0.697. The molecule has 1 saturated heterocycles. The number of hydrogen-bond donors (Lipinski definition) is 1. The van der Waals surface area contributed by atoms with Crippen LogP contribution in [-0.2, 0) is 9.59 Å². The average Bonchev–Trinajstić information content (AvgIpc) is 2.55. The number of nitriles is 1. The maximum Gasteiger partial charge on any atom is 0.229 e. The molecule has 0 aromatic rings. The van der Waals surface area contributed by atoms with Gasteiger partial charge in [0.05, 0.1) is 6.07 Å². The minimum Gasteiger partial charge on any atom is -0.297 e. The molecule has 1 fully saturated rings. The van der Waals surface area contributed by atoms with Crippen molar-refractivity contribution in [3.63, 3.8) is 0 Å². The molecule has 17 heavy (non-hydrogen) atoms. The Hall–Kier alpha value is -1.41. The Kier molecular flexibility index (Phi) is 4.24. The highest BCUT2D eigenvalue weighted by atomic mass is 16.2. The molecule has 1 atom stereocenters. The van der Waals surface area contributed by atoms with Crippen LogP contribution in [-0.4, -0.2) is 34.8 Å². The van der Waals surface area contributed by atoms with Crippen LogP contribution in [0.25, 0.3) is 0 Å². The van der Waals surface area contributed by atoms with Gasteiger partial charge in [-0.15, -0.1) is 0 Å². The van der Waals surface area contributed by atoms with Crippen molar-refractivity contribution in [2.45, 2.75) is 51.6 Å². The molecule has 0 aromatic heterocycles. The number of amides is 2. The molecule has 1 heterocycles. The number of carbonyl (C=O) groups is 2. The molecule has 5 heteroatoms. The molecule has 0 saturated carbocycles. The van der Waals surface area contributed by atoms with E-state index < -0.39 is 5.54 Å². The molecule has 1 aliphatic heterocycles. The maximum absolute atomic E-state index is 11.4. The smallest absolute Gasteiger partial charge is 0.229 e. The Morgan fingerprint density at radius 3 is 2.35 bits per heavy atom. The number of hydrogen-bond acceptors (Lipinski definition) is 4. The van der Waals surface area contributed by atoms with Crippen molar-refractivity contribution in [1.29, 1.82) is 5.26 Å². The highest BCUT2D eigenvalue weighted by Gasteiger charge is 2.32. The summed E-state index contributed by atoms with van der Waals surface area (Å²) in [7, 11) is 0. The van der Waals surface area contributed by atoms with Gasteiger partial charge in [-0.25, -0.2) is 0 Å². The quantitative estimate of drug-likeness (QED) is 0.718. The van der Waals surface area contributed by atoms with Crippen LogP contribution >= 0.6 is 0 Å². The number of imide groups is 1. The second-order valence-electron chi connectivity index (χ2n) is 4.93. The maximum atomic E-state index is 11.4. The fourth-order valence-electron chi connectivity index (χ4n) is 2.01. The zero-order valence-corrected chi connectivity index (χ0v) is 10.6. The standard InChI is InChI=1S/C12H19N3O2/c1-9(2)14-12(3,8-13)6-7-15-10(16)4-5-11(15)17/h9,14H,4-7H2,1-3H3. The first kappa shape index (κ1) is 13.7. The normalized spacial score (nSPS) is 19.6. The van der Waals surface area contributed by atoms with E-state index in [-0.39, 0.29) is 17.9 Å². The van der Waals surface area contributed by atoms with Crippen molar-refractivity contribution in [2.75, 3.05) is 6.54 Å². The van der Waals surface area contributed by atoms with Gasteiger partial charge in [0.2, 0.25) is 11.8 Å². The van der Waals surface area contributed by atoms with Gasteiger partial charge in [-0.05, 0) is 27.2 Å². The van der Waals surface area contributed by atoms with E-state index in [0.29, 0.717) is 25.8 Å². The van der Waals surface area contributed by atoms with E-state index in [1.165, 1.54) is 4.90 Å². The Balaban J connectivity index is 2.56. The van der Waals surface area contributed by atoms with Crippen LogP contribution in [0.15, 0.2) is 0 Å². The third-order valence-corrected chi connectivity index (χ3v) is 2.84. The zero-order chi connectivity index (χ0) is 13.1. The predicted molar refractivity (Wildman–Crippen MR) is 62.9 cm³/mol. The number of rotatable bonds is 5. The minimum absolute atomic E-state index is 0.125. The predicted octanol–water partition coefficient (Wildman–Crippen LogP) is 0.806. The second-order valence-corrected chi connectivity index (χ2v) is 4.93. The summed E-state index contributed by atoms with van der Waals surface area (Å²) in [6.07, 6.45) is 1.07. The van der Waals surface area contributed by atoms with E-state index >= 15 is 0 Å². The summed E-state index contributed by atoms with van der Waals surface area (Å²) < 4.78 is 0. The molecule has 0 spiro atoms. The number of nitrogens with one attached hydrogen (secondary N) is 1. The van der Waals surface area contributed by atoms with Gasteiger partial charge in [0.15, 0.2) is 0 Å². The van der Waals surface area contributed by atoms with Gasteiger partial charge in [-0.2, -0.15) is 5.26 Å². The lowest BCUT2D eigenvalue weighted by atomic mass is 9.98. The fraction of sp³-hybridized carbons (Fsp3) is 0.750. The topological polar surface area (TPSA) is 73.2 Å². The molecule has 1 N–H and O–H groups in total. The molecular weight excluding hydrogens is 218 g/mol. The molecule has 1 unspecified atom stereocenters. The van der Waals surface area contributed by atoms with Crippen LogP contribution in [0.2, 0.25) is 0 Å². The van der Waals surface area contributed by atoms with Crippen molar-refractivity contribution >= 4 is 11.8 Å². The van der Waals surface area contributed by atoms with E-state index in [1.54, 1.807) is 6.92 Å². The van der Waals surface area contributed by atoms with Gasteiger partial charge in [-0.1, -0.05) is 0 Å². The summed E-state index contributed by atoms with van der Waals surface area (Å²) in [5, 5.41) is 12.3. The van der Waals surface area contributed by atoms with Crippen LogP contribution in [0.4, 0.5) is 0 Å². The monoisotopic (exact) mass is 237 g/mol. The molecule has 94 valence electrons. The van der Waals surface area contributed by atoms with Crippen molar-refractivity contribution in [3.8, 4) is 6.07 Å². The van der Waals surface area contributed by atoms with Crippen LogP contribution < -0.4 is 5.32 Å². The Morgan fingerprint density at radius 1 is 1.41 bits per heavy atom. The molecule has 0 aromatic carbocycles. The van der Waals surface area contributed by atoms with Gasteiger partial charge < -0.3 is 0 Å². The van der Waals surface area contributed by atoms with Crippen molar-refractivity contribution in [1.82, 2.24) is 10.2 Å². The van der Waals surface area contributed by atoms with E-state index in [9.17, 15) is 9.59 Å². The number of likely N-dealkylation sites (tertiary alicyclic amines) is 1. The summed E-state index contributed by atoms with van der Waals surface area (Å²) >= 11 is 0. The first-order valence-electron chi connectivity index (χ1n) is 5.90. The van der Waals surface area contributed by atoms with Crippen molar-refractivity contribution in [2.24, 2.45) is 0 Å². The molecule has 5 nitrogen and oxygen atoms in total. The second kappa shape index (κ2) is 5.28. The van der Waals surface area contributed by atoms with Crippen LogP contribution in [0.1, 0.15) is 40.0 Å². The van der Waals surface area contributed by atoms with E-state index in [0.717, 1.165) is 0 Å². The third-order valence-electron chi connectivity index (χ3n) is 2.84. The zero-order valence-electron chi connectivity index (χ0n) is 10.6. The van der Waals surface area contributed by atoms with Crippen LogP contribution in [0, 0.1) is 11.3 Å². The lowest BCUT2D eigenvalue weighted by Gasteiger charge is -2.27. The molecule has 2 amide bonds. The van der Waals surface area contributed by atoms with Crippen LogP contribution in [0.5, 0.6) is 0 Å². The largest absolute Gasteiger partial charge is 0.297 e. The van der Waals surface area contributed by atoms with Gasteiger partial charge >= 0.3 is 0 Å². The van der Waals surface area contributed by atoms with Crippen molar-refractivity contribution < 1.29 is 9.59 Å². The Labute approximate surface area is 102 Å². The molecule has 1 rings (SSSR count). The summed E-state index contributed by atoms with van der Waals surface area (Å²) in [6.45, 7) is 6.03. The van der Waals surface area contributed by atoms with Crippen molar-refractivity contribution in [3.05, 3.63) is 0 Å². The highest BCUT2D eigenvalue weighted by Crippen LogP contribution is 2.16. The lowest BCUT2D eigenvalue weighted by molar-refractivity contribution is -0.138. The Morgan fingerprint density at radius 2 is 1.94 bits per heavy atom. The van der Waals surface area contributed by atoms with Gasteiger partial charge in [0, 0.05) is 25.4 Å². The molecule has 0 bridgehead atoms. The van der Waals surface area contributed by atoms with E-state index in [2.05, 4.69) is 11.4 Å². The molecular formula is C12H19N3O2. The van der Waals surface area contributed by atoms with Gasteiger partial charge in [0.1, 0.15) is 5.54 Å². The average molecular weight is 237 g/mol. The molecule has 1 aliphatic rings. The number of carbonyl (C=O) groups excluding carboxylic acids is 2. The highest BCUT2D eigenvalue weighted by molar-refractivity contribution is 6.01. The first-order chi connectivity index (χ1) is 7.88. The summed E-state index contributed by atoms with van der Waals surface area (Å²) in [6, 6.07) is 2.39. The first-order valence-corrected chi connectivity index (χ1v) is 5.90. The van der Waals surface area contributed by atoms with E-state index in [1.807, 2.05) is 13.8 Å². The van der Waals surface area contributed by atoms with Gasteiger partial charge in [-0.3, -0.25) is 19.8 Å². The van der Waals surface area contributed by atoms with E-state index in [4.69, 9.17) is 5.26 Å². The molecule has 0 aliphatic carbocycles. The number of nitrogens with zero attached hydrogens (tertiary/aromatic N) is 2. The van der Waals surface area contributed by atoms with Gasteiger partial charge in [0.25, 0.3) is 0 Å². The van der Waals surface area contributed by atoms with Crippen LogP contribution in [0.3, 0.4) is 0 Å². The third kappa shape index (κ3) is 3.53. The fourth-order valence-corrected chi connectivity index (χ4v) is 2.01. The SMILES string of the molecule is CC(C)NC(C)(C#N)CCN1C(=O)CCC1=O.